The van der Waals surface area contributed by atoms with E-state index < -0.39 is 5.91 Å². The van der Waals surface area contributed by atoms with Gasteiger partial charge in [-0.15, -0.1) is 10.2 Å². The predicted octanol–water partition coefficient (Wildman–Crippen LogP) is 2.92. The number of aromatic hydroxyl groups is 1. The van der Waals surface area contributed by atoms with Gasteiger partial charge in [0, 0.05) is 23.8 Å². The number of azo groups is 1. The van der Waals surface area contributed by atoms with E-state index in [0.29, 0.717) is 23.7 Å². The molecule has 0 atom stereocenters. The van der Waals surface area contributed by atoms with Crippen LogP contribution in [0.4, 0.5) is 5.69 Å². The molecule has 144 valence electrons. The van der Waals surface area contributed by atoms with E-state index in [0.717, 1.165) is 24.0 Å². The molecule has 1 fully saturated rings. The quantitative estimate of drug-likeness (QED) is 0.669. The minimum Gasteiger partial charge on any atom is -0.497 e. The molecule has 7 heteroatoms. The van der Waals surface area contributed by atoms with Gasteiger partial charge in [-0.3, -0.25) is 9.36 Å². The highest BCUT2D eigenvalue weighted by Crippen LogP contribution is 2.38. The van der Waals surface area contributed by atoms with Crippen LogP contribution in [0.3, 0.4) is 0 Å². The first kappa shape index (κ1) is 18.2. The van der Waals surface area contributed by atoms with E-state index >= 15 is 0 Å². The van der Waals surface area contributed by atoms with Crippen molar-refractivity contribution in [2.75, 3.05) is 20.2 Å². The van der Waals surface area contributed by atoms with Crippen LogP contribution in [0.1, 0.15) is 23.2 Å². The third-order valence-corrected chi connectivity index (χ3v) is 5.19. The molecule has 4 rings (SSSR count). The van der Waals surface area contributed by atoms with Crippen LogP contribution in [0.15, 0.2) is 58.8 Å². The molecule has 1 amide bonds. The zero-order valence-corrected chi connectivity index (χ0v) is 15.8. The summed E-state index contributed by atoms with van der Waals surface area (Å²) in [4.78, 5) is 13.8. The van der Waals surface area contributed by atoms with Crippen LogP contribution in [0, 0.1) is 0 Å². The van der Waals surface area contributed by atoms with Crippen LogP contribution in [-0.2, 0) is 6.67 Å². The molecule has 2 aromatic carbocycles. The van der Waals surface area contributed by atoms with E-state index in [9.17, 15) is 9.90 Å². The number of aromatic nitrogens is 1. The number of benzene rings is 2. The van der Waals surface area contributed by atoms with E-state index in [-0.39, 0.29) is 5.88 Å². The number of fused-ring (bicyclic) bond motifs is 1. The molecule has 0 aliphatic carbocycles. The Labute approximate surface area is 162 Å². The van der Waals surface area contributed by atoms with Crippen LogP contribution in [0.25, 0.3) is 10.9 Å². The second kappa shape index (κ2) is 7.82. The summed E-state index contributed by atoms with van der Waals surface area (Å²) in [5.41, 5.74) is 1.63. The molecule has 2 N–H and O–H groups in total. The van der Waals surface area contributed by atoms with Crippen LogP contribution < -0.4 is 9.64 Å². The van der Waals surface area contributed by atoms with Gasteiger partial charge in [0.15, 0.2) is 12.4 Å². The maximum absolute atomic E-state index is 12.4. The SMILES string of the molecule is COc1ccc(C(=O)N=Nc2c(O)n(C[NH+]3CCCC3)c3ccccc23)cc1. The Hall–Kier alpha value is -3.19. The molecule has 0 saturated carbocycles. The van der Waals surface area contributed by atoms with E-state index in [1.807, 2.05) is 28.8 Å². The third-order valence-electron chi connectivity index (χ3n) is 5.19. The predicted molar refractivity (Wildman–Crippen MR) is 105 cm³/mol. The molecule has 1 saturated heterocycles. The molecule has 7 nitrogen and oxygen atoms in total. The van der Waals surface area contributed by atoms with Crippen molar-refractivity contribution in [1.29, 1.82) is 0 Å². The Morgan fingerprint density at radius 2 is 1.86 bits per heavy atom. The molecule has 1 aliphatic heterocycles. The number of methoxy groups -OCH3 is 1. The second-order valence-corrected chi connectivity index (χ2v) is 6.97. The molecule has 28 heavy (non-hydrogen) atoms. The molecule has 3 aromatic rings. The van der Waals surface area contributed by atoms with Gasteiger partial charge in [0.1, 0.15) is 5.75 Å². The number of carbonyl (C=O) groups is 1. The van der Waals surface area contributed by atoms with Crippen molar-refractivity contribution < 1.29 is 19.5 Å². The summed E-state index contributed by atoms with van der Waals surface area (Å²) < 4.78 is 6.96. The lowest BCUT2D eigenvalue weighted by atomic mass is 10.2. The summed E-state index contributed by atoms with van der Waals surface area (Å²) in [6.07, 6.45) is 2.41. The number of amides is 1. The van der Waals surface area contributed by atoms with E-state index in [4.69, 9.17) is 4.74 Å². The van der Waals surface area contributed by atoms with Crippen molar-refractivity contribution in [3.63, 3.8) is 0 Å². The zero-order chi connectivity index (χ0) is 19.5. The van der Waals surface area contributed by atoms with E-state index in [2.05, 4.69) is 10.2 Å². The highest BCUT2D eigenvalue weighted by atomic mass is 16.5. The van der Waals surface area contributed by atoms with Gasteiger partial charge < -0.3 is 14.7 Å². The van der Waals surface area contributed by atoms with Gasteiger partial charge in [0.2, 0.25) is 5.88 Å². The van der Waals surface area contributed by atoms with Crippen molar-refractivity contribution in [2.24, 2.45) is 10.2 Å². The van der Waals surface area contributed by atoms with Gasteiger partial charge in [-0.25, -0.2) is 0 Å². The number of quaternary nitrogens is 1. The van der Waals surface area contributed by atoms with Crippen LogP contribution in [0.5, 0.6) is 11.6 Å². The third kappa shape index (κ3) is 3.48. The first-order chi connectivity index (χ1) is 13.7. The van der Waals surface area contributed by atoms with Crippen molar-refractivity contribution in [3.05, 3.63) is 54.1 Å². The molecule has 0 spiro atoms. The van der Waals surface area contributed by atoms with Gasteiger partial charge in [-0.05, 0) is 30.3 Å². The lowest BCUT2D eigenvalue weighted by molar-refractivity contribution is -0.910. The number of nitrogens with zero attached hydrogens (tertiary/aromatic N) is 3. The lowest BCUT2D eigenvalue weighted by Gasteiger charge is -2.14. The summed E-state index contributed by atoms with van der Waals surface area (Å²) in [5.74, 6) is 0.245. The molecule has 1 aromatic heterocycles. The van der Waals surface area contributed by atoms with Gasteiger partial charge in [0.05, 0.1) is 25.7 Å². The van der Waals surface area contributed by atoms with Gasteiger partial charge in [0.25, 0.3) is 5.91 Å². The number of hydrogen-bond donors (Lipinski definition) is 2. The molecule has 0 bridgehead atoms. The topological polar surface area (TPSA) is 80.6 Å². The number of rotatable bonds is 5. The van der Waals surface area contributed by atoms with E-state index in [1.165, 1.54) is 17.7 Å². The van der Waals surface area contributed by atoms with Crippen molar-refractivity contribution in [3.8, 4) is 11.6 Å². The Morgan fingerprint density at radius 1 is 1.14 bits per heavy atom. The number of para-hydroxylation sites is 1. The average molecular weight is 379 g/mol. The summed E-state index contributed by atoms with van der Waals surface area (Å²) >= 11 is 0. The second-order valence-electron chi connectivity index (χ2n) is 6.97. The zero-order valence-electron chi connectivity index (χ0n) is 15.8. The first-order valence-corrected chi connectivity index (χ1v) is 9.41. The molecule has 0 radical (unpaired) electrons. The normalized spacial score (nSPS) is 14.9. The Bertz CT molecular complexity index is 1020. The van der Waals surface area contributed by atoms with Crippen molar-refractivity contribution >= 4 is 22.5 Å². The summed E-state index contributed by atoms with van der Waals surface area (Å²) in [6, 6.07) is 14.3. The smallest absolute Gasteiger partial charge is 0.295 e. The minimum atomic E-state index is -0.468. The monoisotopic (exact) mass is 379 g/mol. The largest absolute Gasteiger partial charge is 0.497 e. The highest BCUT2D eigenvalue weighted by Gasteiger charge is 2.22. The maximum Gasteiger partial charge on any atom is 0.295 e. The first-order valence-electron chi connectivity index (χ1n) is 9.41. The number of carbonyl (C=O) groups excluding carboxylic acids is 1. The van der Waals surface area contributed by atoms with Gasteiger partial charge in [-0.2, -0.15) is 0 Å². The van der Waals surface area contributed by atoms with E-state index in [1.54, 1.807) is 31.4 Å². The maximum atomic E-state index is 12.4. The fraction of sp³-hybridized carbons (Fsp3) is 0.286. The number of nitrogens with one attached hydrogen (secondary N) is 1. The summed E-state index contributed by atoms with van der Waals surface area (Å²) in [5, 5.41) is 19.5. The summed E-state index contributed by atoms with van der Waals surface area (Å²) in [6.45, 7) is 2.87. The molecular weight excluding hydrogens is 356 g/mol. The fourth-order valence-corrected chi connectivity index (χ4v) is 3.67. The minimum absolute atomic E-state index is 0.0480. The Balaban J connectivity index is 1.64. The Kier molecular flexibility index (Phi) is 5.08. The molecule has 1 aliphatic rings. The van der Waals surface area contributed by atoms with Crippen LogP contribution in [0.2, 0.25) is 0 Å². The number of hydrogen-bond acceptors (Lipinski definition) is 4. The fourth-order valence-electron chi connectivity index (χ4n) is 3.67. The van der Waals surface area contributed by atoms with Gasteiger partial charge >= 0.3 is 0 Å². The number of ether oxygens (including phenoxy) is 1. The molecule has 0 unspecified atom stereocenters. The number of likely N-dealkylation sites (tertiary alicyclic amines) is 1. The molecule has 2 heterocycles. The molecular formula is C21H23N4O3+. The van der Waals surface area contributed by atoms with Crippen LogP contribution >= 0.6 is 0 Å². The van der Waals surface area contributed by atoms with Gasteiger partial charge in [-0.1, -0.05) is 18.2 Å². The summed E-state index contributed by atoms with van der Waals surface area (Å²) in [7, 11) is 1.57. The average Bonchev–Trinajstić information content (AvgIpc) is 3.34. The van der Waals surface area contributed by atoms with Crippen molar-refractivity contribution in [2.45, 2.75) is 19.5 Å². The van der Waals surface area contributed by atoms with Crippen LogP contribution in [-0.4, -0.2) is 35.8 Å². The Morgan fingerprint density at radius 3 is 2.57 bits per heavy atom. The highest BCUT2D eigenvalue weighted by molar-refractivity contribution is 5.97. The van der Waals surface area contributed by atoms with Crippen molar-refractivity contribution in [1.82, 2.24) is 4.57 Å². The lowest BCUT2D eigenvalue weighted by Crippen LogP contribution is -3.09. The standard InChI is InChI=1S/C21H22N4O3/c1-28-16-10-8-15(9-11-16)20(26)23-22-19-17-6-2-3-7-18(17)25(21(19)27)14-24-12-4-5-13-24/h2-3,6-11,27H,4-5,12-14H2,1H3/p+1.